The Hall–Kier alpha value is -1.85. The summed E-state index contributed by atoms with van der Waals surface area (Å²) in [6.45, 7) is 0. The molecule has 0 spiro atoms. The molecule has 0 saturated carbocycles. The summed E-state index contributed by atoms with van der Waals surface area (Å²) in [6.07, 6.45) is 0. The van der Waals surface area contributed by atoms with Crippen LogP contribution < -0.4 is 10.6 Å². The summed E-state index contributed by atoms with van der Waals surface area (Å²) in [7, 11) is 1.79. The number of nitrogens with zero attached hydrogens (tertiary/aromatic N) is 2. The average Bonchev–Trinajstić information content (AvgIpc) is 2.51. The summed E-state index contributed by atoms with van der Waals surface area (Å²) < 4.78 is 0.806. The van der Waals surface area contributed by atoms with E-state index in [1.807, 2.05) is 42.5 Å². The second kappa shape index (κ2) is 5.87. The van der Waals surface area contributed by atoms with E-state index < -0.39 is 0 Å². The van der Waals surface area contributed by atoms with Gasteiger partial charge in [0.1, 0.15) is 5.82 Å². The predicted molar refractivity (Wildman–Crippen MR) is 91.5 cm³/mol. The standard InChI is InChI=1S/C15H12BrClN4/c1-18-15-20-11-7-3-2-5-9(11)14(21-15)19-12-8-4-6-10(17)13(12)16/h2-8H,1H3,(H2,18,19,20,21). The van der Waals surface area contributed by atoms with Crippen molar-refractivity contribution in [2.75, 3.05) is 17.7 Å². The average molecular weight is 364 g/mol. The zero-order chi connectivity index (χ0) is 14.8. The third-order valence-electron chi connectivity index (χ3n) is 3.03. The highest BCUT2D eigenvalue weighted by molar-refractivity contribution is 9.10. The number of hydrogen-bond donors (Lipinski definition) is 2. The van der Waals surface area contributed by atoms with Gasteiger partial charge in [-0.1, -0.05) is 29.8 Å². The van der Waals surface area contributed by atoms with Crippen molar-refractivity contribution in [2.45, 2.75) is 0 Å². The van der Waals surface area contributed by atoms with Gasteiger partial charge in [0.05, 0.1) is 20.7 Å². The van der Waals surface area contributed by atoms with Gasteiger partial charge in [0.2, 0.25) is 5.95 Å². The zero-order valence-electron chi connectivity index (χ0n) is 11.2. The van der Waals surface area contributed by atoms with E-state index in [0.29, 0.717) is 11.0 Å². The molecule has 0 aliphatic heterocycles. The molecule has 0 amide bonds. The van der Waals surface area contributed by atoms with Gasteiger partial charge in [0.25, 0.3) is 0 Å². The van der Waals surface area contributed by atoms with Gasteiger partial charge >= 0.3 is 0 Å². The first-order chi connectivity index (χ1) is 10.2. The smallest absolute Gasteiger partial charge is 0.224 e. The lowest BCUT2D eigenvalue weighted by Crippen LogP contribution is -2.02. The highest BCUT2D eigenvalue weighted by Crippen LogP contribution is 2.33. The van der Waals surface area contributed by atoms with E-state index in [2.05, 4.69) is 36.5 Å². The maximum absolute atomic E-state index is 6.12. The van der Waals surface area contributed by atoms with Gasteiger partial charge in [0, 0.05) is 12.4 Å². The number of rotatable bonds is 3. The summed E-state index contributed by atoms with van der Waals surface area (Å²) in [5.74, 6) is 1.29. The van der Waals surface area contributed by atoms with Gasteiger partial charge in [0.15, 0.2) is 0 Å². The molecule has 3 aromatic rings. The monoisotopic (exact) mass is 362 g/mol. The van der Waals surface area contributed by atoms with Crippen LogP contribution in [0.3, 0.4) is 0 Å². The molecule has 0 bridgehead atoms. The second-order valence-electron chi connectivity index (χ2n) is 4.39. The number of aromatic nitrogens is 2. The maximum Gasteiger partial charge on any atom is 0.224 e. The minimum atomic E-state index is 0.564. The van der Waals surface area contributed by atoms with Crippen molar-refractivity contribution in [1.29, 1.82) is 0 Å². The van der Waals surface area contributed by atoms with Crippen LogP contribution >= 0.6 is 27.5 Å². The number of para-hydroxylation sites is 1. The quantitative estimate of drug-likeness (QED) is 0.699. The molecular formula is C15H12BrClN4. The number of hydrogen-bond acceptors (Lipinski definition) is 4. The molecule has 21 heavy (non-hydrogen) atoms. The van der Waals surface area contributed by atoms with Crippen molar-refractivity contribution in [3.8, 4) is 0 Å². The van der Waals surface area contributed by atoms with Gasteiger partial charge < -0.3 is 10.6 Å². The van der Waals surface area contributed by atoms with Gasteiger partial charge in [-0.15, -0.1) is 0 Å². The third-order valence-corrected chi connectivity index (χ3v) is 4.43. The Labute approximate surface area is 135 Å². The Morgan fingerprint density at radius 1 is 1.05 bits per heavy atom. The van der Waals surface area contributed by atoms with E-state index in [1.165, 1.54) is 0 Å². The Morgan fingerprint density at radius 2 is 1.86 bits per heavy atom. The molecule has 0 aliphatic carbocycles. The van der Waals surface area contributed by atoms with Crippen LogP contribution in [0.1, 0.15) is 0 Å². The van der Waals surface area contributed by atoms with Crippen LogP contribution in [-0.2, 0) is 0 Å². The van der Waals surface area contributed by atoms with E-state index in [4.69, 9.17) is 11.6 Å². The van der Waals surface area contributed by atoms with Gasteiger partial charge in [-0.25, -0.2) is 4.98 Å². The normalized spacial score (nSPS) is 10.6. The molecule has 6 heteroatoms. The van der Waals surface area contributed by atoms with Crippen molar-refractivity contribution in [2.24, 2.45) is 0 Å². The van der Waals surface area contributed by atoms with Gasteiger partial charge in [-0.3, -0.25) is 0 Å². The lowest BCUT2D eigenvalue weighted by Gasteiger charge is -2.12. The molecule has 0 saturated heterocycles. The number of anilines is 3. The highest BCUT2D eigenvalue weighted by Gasteiger charge is 2.09. The van der Waals surface area contributed by atoms with Crippen LogP contribution in [-0.4, -0.2) is 17.0 Å². The molecule has 1 heterocycles. The van der Waals surface area contributed by atoms with Crippen LogP contribution in [0.25, 0.3) is 10.9 Å². The summed E-state index contributed by atoms with van der Waals surface area (Å²) in [4.78, 5) is 8.92. The molecule has 1 aromatic heterocycles. The zero-order valence-corrected chi connectivity index (χ0v) is 13.5. The van der Waals surface area contributed by atoms with E-state index in [9.17, 15) is 0 Å². The molecule has 4 nitrogen and oxygen atoms in total. The number of benzene rings is 2. The molecule has 2 N–H and O–H groups in total. The number of fused-ring (bicyclic) bond motifs is 1. The molecule has 0 atom stereocenters. The molecule has 106 valence electrons. The minimum Gasteiger partial charge on any atom is -0.357 e. The topological polar surface area (TPSA) is 49.8 Å². The maximum atomic E-state index is 6.12. The van der Waals surface area contributed by atoms with Crippen LogP contribution in [0.2, 0.25) is 5.02 Å². The van der Waals surface area contributed by atoms with E-state index >= 15 is 0 Å². The first-order valence-corrected chi connectivity index (χ1v) is 7.51. The molecule has 0 unspecified atom stereocenters. The van der Waals surface area contributed by atoms with Crippen molar-refractivity contribution >= 4 is 55.9 Å². The fourth-order valence-corrected chi connectivity index (χ4v) is 2.55. The Morgan fingerprint density at radius 3 is 2.67 bits per heavy atom. The van der Waals surface area contributed by atoms with Crippen molar-refractivity contribution in [3.63, 3.8) is 0 Å². The predicted octanol–water partition coefficient (Wildman–Crippen LogP) is 4.83. The SMILES string of the molecule is CNc1nc(Nc2cccc(Cl)c2Br)c2ccccc2n1. The van der Waals surface area contributed by atoms with Crippen LogP contribution in [0, 0.1) is 0 Å². The number of halogens is 2. The minimum absolute atomic E-state index is 0.564. The highest BCUT2D eigenvalue weighted by atomic mass is 79.9. The van der Waals surface area contributed by atoms with Gasteiger partial charge in [-0.2, -0.15) is 4.98 Å². The lowest BCUT2D eigenvalue weighted by atomic mass is 10.2. The molecule has 3 rings (SSSR count). The summed E-state index contributed by atoms with van der Waals surface area (Å²) >= 11 is 9.61. The molecule has 0 fully saturated rings. The third kappa shape index (κ3) is 2.80. The van der Waals surface area contributed by atoms with E-state index in [1.54, 1.807) is 7.05 Å². The van der Waals surface area contributed by atoms with Crippen LogP contribution in [0.15, 0.2) is 46.9 Å². The first kappa shape index (κ1) is 14.1. The van der Waals surface area contributed by atoms with Crippen molar-refractivity contribution < 1.29 is 0 Å². The first-order valence-electron chi connectivity index (χ1n) is 6.34. The second-order valence-corrected chi connectivity index (χ2v) is 5.59. The van der Waals surface area contributed by atoms with Gasteiger partial charge in [-0.05, 0) is 40.2 Å². The molecule has 0 radical (unpaired) electrons. The van der Waals surface area contributed by atoms with Crippen molar-refractivity contribution in [3.05, 3.63) is 52.0 Å². The molecule has 0 aliphatic rings. The van der Waals surface area contributed by atoms with Crippen molar-refractivity contribution in [1.82, 2.24) is 9.97 Å². The van der Waals surface area contributed by atoms with Crippen LogP contribution in [0.4, 0.5) is 17.5 Å². The summed E-state index contributed by atoms with van der Waals surface area (Å²) in [6, 6.07) is 13.5. The fraction of sp³-hybridized carbons (Fsp3) is 0.0667. The van der Waals surface area contributed by atoms with Crippen LogP contribution in [0.5, 0.6) is 0 Å². The Bertz CT molecular complexity index is 807. The summed E-state index contributed by atoms with van der Waals surface area (Å²) in [5, 5.41) is 7.87. The molecular weight excluding hydrogens is 352 g/mol. The lowest BCUT2D eigenvalue weighted by molar-refractivity contribution is 1.19. The van der Waals surface area contributed by atoms with E-state index in [-0.39, 0.29) is 0 Å². The fourth-order valence-electron chi connectivity index (χ4n) is 2.01. The number of nitrogens with one attached hydrogen (secondary N) is 2. The molecule has 2 aromatic carbocycles. The Balaban J connectivity index is 2.13. The Kier molecular flexibility index (Phi) is 3.94. The van der Waals surface area contributed by atoms with E-state index in [0.717, 1.165) is 26.9 Å². The summed E-state index contributed by atoms with van der Waals surface area (Å²) in [5.41, 5.74) is 1.73. The largest absolute Gasteiger partial charge is 0.357 e.